The minimum Gasteiger partial charge on any atom is -0.340 e. The molecule has 9 heteroatoms. The van der Waals surface area contributed by atoms with Gasteiger partial charge in [-0.25, -0.2) is 4.79 Å². The first-order valence-corrected chi connectivity index (χ1v) is 9.18. The Morgan fingerprint density at radius 2 is 1.86 bits per heavy atom. The van der Waals surface area contributed by atoms with Crippen LogP contribution in [-0.4, -0.2) is 45.3 Å². The van der Waals surface area contributed by atoms with E-state index < -0.39 is 11.2 Å². The number of benzene rings is 1. The molecule has 1 unspecified atom stereocenters. The molecule has 0 spiro atoms. The van der Waals surface area contributed by atoms with Crippen LogP contribution in [0.5, 0.6) is 0 Å². The number of aryl methyl sites for hydroxylation is 1. The molecule has 1 fully saturated rings. The zero-order valence-electron chi connectivity index (χ0n) is 15.8. The number of aromatic nitrogens is 4. The molecule has 3 heterocycles. The highest BCUT2D eigenvalue weighted by atomic mass is 16.2. The van der Waals surface area contributed by atoms with Crippen LogP contribution in [0.1, 0.15) is 24.1 Å². The molecule has 1 atom stereocenters. The summed E-state index contributed by atoms with van der Waals surface area (Å²) < 4.78 is 3.25. The van der Waals surface area contributed by atoms with Crippen LogP contribution in [0.2, 0.25) is 0 Å². The summed E-state index contributed by atoms with van der Waals surface area (Å²) >= 11 is 0. The fourth-order valence-corrected chi connectivity index (χ4v) is 3.63. The molecule has 0 radical (unpaired) electrons. The van der Waals surface area contributed by atoms with Crippen molar-refractivity contribution in [2.75, 3.05) is 31.1 Å². The highest BCUT2D eigenvalue weighted by Crippen LogP contribution is 2.29. The van der Waals surface area contributed by atoms with Crippen LogP contribution < -0.4 is 21.5 Å². The molecule has 3 aromatic rings. The van der Waals surface area contributed by atoms with Gasteiger partial charge in [-0.05, 0) is 24.6 Å². The van der Waals surface area contributed by atoms with Gasteiger partial charge in [0.2, 0.25) is 5.95 Å². The Morgan fingerprint density at radius 1 is 1.18 bits per heavy atom. The topological polar surface area (TPSA) is 112 Å². The van der Waals surface area contributed by atoms with E-state index in [0.717, 1.165) is 31.7 Å². The Labute approximate surface area is 160 Å². The van der Waals surface area contributed by atoms with Gasteiger partial charge in [-0.15, -0.1) is 0 Å². The number of nitrogens with one attached hydrogen (secondary N) is 2. The zero-order chi connectivity index (χ0) is 19.8. The lowest BCUT2D eigenvalue weighted by Crippen LogP contribution is -2.44. The second-order valence-corrected chi connectivity index (χ2v) is 6.92. The lowest BCUT2D eigenvalue weighted by Gasteiger charge is -2.30. The third kappa shape index (κ3) is 2.88. The Kier molecular flexibility index (Phi) is 4.49. The number of imidazole rings is 1. The number of piperazine rings is 1. The number of aromatic amines is 1. The van der Waals surface area contributed by atoms with Crippen molar-refractivity contribution in [1.29, 1.82) is 5.26 Å². The van der Waals surface area contributed by atoms with Crippen molar-refractivity contribution >= 4 is 17.1 Å². The van der Waals surface area contributed by atoms with Crippen LogP contribution in [0.15, 0.2) is 33.9 Å². The summed E-state index contributed by atoms with van der Waals surface area (Å²) in [5.41, 5.74) is 1.32. The third-order valence-electron chi connectivity index (χ3n) is 5.24. The van der Waals surface area contributed by atoms with Gasteiger partial charge in [0.15, 0.2) is 11.2 Å². The molecular formula is C19H21N7O2. The van der Waals surface area contributed by atoms with E-state index in [9.17, 15) is 9.59 Å². The zero-order valence-corrected chi connectivity index (χ0v) is 15.8. The maximum Gasteiger partial charge on any atom is 0.329 e. The molecule has 0 saturated carbocycles. The quantitative estimate of drug-likeness (QED) is 0.678. The van der Waals surface area contributed by atoms with Gasteiger partial charge in [0, 0.05) is 33.2 Å². The van der Waals surface area contributed by atoms with Crippen molar-refractivity contribution in [3.8, 4) is 6.07 Å². The van der Waals surface area contributed by atoms with Crippen LogP contribution in [-0.2, 0) is 7.05 Å². The van der Waals surface area contributed by atoms with E-state index in [4.69, 9.17) is 5.26 Å². The fourth-order valence-electron chi connectivity index (χ4n) is 3.63. The SMILES string of the molecule is CC(c1ccc(C#N)cc1)n1c(N2CCNCC2)nc2c1c(=O)[nH]c(=O)n2C. The lowest BCUT2D eigenvalue weighted by atomic mass is 10.1. The van der Waals surface area contributed by atoms with Crippen LogP contribution >= 0.6 is 0 Å². The maximum absolute atomic E-state index is 12.7. The summed E-state index contributed by atoms with van der Waals surface area (Å²) in [7, 11) is 1.60. The van der Waals surface area contributed by atoms with Crippen LogP contribution in [0, 0.1) is 11.3 Å². The number of anilines is 1. The van der Waals surface area contributed by atoms with Gasteiger partial charge in [-0.1, -0.05) is 12.1 Å². The van der Waals surface area contributed by atoms with Gasteiger partial charge in [0.25, 0.3) is 5.56 Å². The molecule has 0 amide bonds. The molecule has 1 aliphatic heterocycles. The summed E-state index contributed by atoms with van der Waals surface area (Å²) in [6, 6.07) is 9.19. The van der Waals surface area contributed by atoms with Crippen molar-refractivity contribution < 1.29 is 0 Å². The van der Waals surface area contributed by atoms with E-state index >= 15 is 0 Å². The van der Waals surface area contributed by atoms with Crippen molar-refractivity contribution in [2.24, 2.45) is 7.05 Å². The van der Waals surface area contributed by atoms with Gasteiger partial charge in [-0.2, -0.15) is 10.2 Å². The molecule has 4 rings (SSSR count). The summed E-state index contributed by atoms with van der Waals surface area (Å²) in [5.74, 6) is 0.667. The lowest BCUT2D eigenvalue weighted by molar-refractivity contribution is 0.557. The molecular weight excluding hydrogens is 358 g/mol. The Hall–Kier alpha value is -3.38. The number of fused-ring (bicyclic) bond motifs is 1. The molecule has 28 heavy (non-hydrogen) atoms. The van der Waals surface area contributed by atoms with Crippen molar-refractivity contribution in [1.82, 2.24) is 24.4 Å². The first-order valence-electron chi connectivity index (χ1n) is 9.18. The van der Waals surface area contributed by atoms with Gasteiger partial charge in [0.05, 0.1) is 17.7 Å². The van der Waals surface area contributed by atoms with E-state index in [2.05, 4.69) is 26.3 Å². The van der Waals surface area contributed by atoms with Crippen LogP contribution in [0.25, 0.3) is 11.2 Å². The largest absolute Gasteiger partial charge is 0.340 e. The summed E-state index contributed by atoms with van der Waals surface area (Å²) in [6.07, 6.45) is 0. The van der Waals surface area contributed by atoms with Gasteiger partial charge < -0.3 is 10.2 Å². The third-order valence-corrected chi connectivity index (χ3v) is 5.24. The standard InChI is InChI=1S/C19H21N7O2/c1-12(14-5-3-13(11-20)4-6-14)26-15-16(24(2)19(28)23-17(15)27)22-18(26)25-9-7-21-8-10-25/h3-6,12,21H,7-10H2,1-2H3,(H,23,27,28). The molecule has 0 bridgehead atoms. The minimum absolute atomic E-state index is 0.207. The van der Waals surface area contributed by atoms with E-state index in [1.165, 1.54) is 4.57 Å². The Balaban J connectivity index is 1.95. The maximum atomic E-state index is 12.7. The second-order valence-electron chi connectivity index (χ2n) is 6.92. The van der Waals surface area contributed by atoms with Crippen molar-refractivity contribution in [3.63, 3.8) is 0 Å². The smallest absolute Gasteiger partial charge is 0.329 e. The molecule has 144 valence electrons. The van der Waals surface area contributed by atoms with E-state index in [-0.39, 0.29) is 6.04 Å². The fraction of sp³-hybridized carbons (Fsp3) is 0.368. The summed E-state index contributed by atoms with van der Waals surface area (Å²) in [5, 5.41) is 12.4. The second kappa shape index (κ2) is 6.98. The Bertz CT molecular complexity index is 1170. The number of nitrogens with zero attached hydrogens (tertiary/aromatic N) is 5. The minimum atomic E-state index is -0.486. The number of H-pyrrole nitrogens is 1. The van der Waals surface area contributed by atoms with Gasteiger partial charge >= 0.3 is 5.69 Å². The Morgan fingerprint density at radius 3 is 2.50 bits per heavy atom. The monoisotopic (exact) mass is 379 g/mol. The molecule has 1 aromatic carbocycles. The first kappa shape index (κ1) is 18.0. The molecule has 0 aliphatic carbocycles. The van der Waals surface area contributed by atoms with Crippen molar-refractivity contribution in [3.05, 3.63) is 56.2 Å². The number of hydrogen-bond acceptors (Lipinski definition) is 6. The highest BCUT2D eigenvalue weighted by Gasteiger charge is 2.26. The average Bonchev–Trinajstić information content (AvgIpc) is 3.13. The number of rotatable bonds is 3. The van der Waals surface area contributed by atoms with E-state index in [1.807, 2.05) is 23.6 Å². The predicted octanol–water partition coefficient (Wildman–Crippen LogP) is 0.314. The van der Waals surface area contributed by atoms with Gasteiger partial charge in [0.1, 0.15) is 0 Å². The summed E-state index contributed by atoms with van der Waals surface area (Å²) in [6.45, 7) is 5.15. The van der Waals surface area contributed by atoms with Gasteiger partial charge in [-0.3, -0.25) is 18.9 Å². The molecule has 1 saturated heterocycles. The normalized spacial score (nSPS) is 15.5. The molecule has 2 N–H and O–H groups in total. The molecule has 2 aromatic heterocycles. The molecule has 1 aliphatic rings. The van der Waals surface area contributed by atoms with Crippen LogP contribution in [0.3, 0.4) is 0 Å². The number of hydrogen-bond donors (Lipinski definition) is 2. The van der Waals surface area contributed by atoms with E-state index in [1.54, 1.807) is 19.2 Å². The summed E-state index contributed by atoms with van der Waals surface area (Å²) in [4.78, 5) is 34.0. The highest BCUT2D eigenvalue weighted by molar-refractivity contribution is 5.75. The van der Waals surface area contributed by atoms with E-state index in [0.29, 0.717) is 22.7 Å². The molecule has 9 nitrogen and oxygen atoms in total. The van der Waals surface area contributed by atoms with Crippen molar-refractivity contribution in [2.45, 2.75) is 13.0 Å². The predicted molar refractivity (Wildman–Crippen MR) is 106 cm³/mol. The van der Waals surface area contributed by atoms with Crippen LogP contribution in [0.4, 0.5) is 5.95 Å². The first-order chi connectivity index (χ1) is 13.5. The number of nitriles is 1. The average molecular weight is 379 g/mol.